The van der Waals surface area contributed by atoms with Gasteiger partial charge >= 0.3 is 0 Å². The molecule has 0 unspecified atom stereocenters. The van der Waals surface area contributed by atoms with Crippen molar-refractivity contribution in [1.29, 1.82) is 0 Å². The third-order valence-electron chi connectivity index (χ3n) is 4.54. The van der Waals surface area contributed by atoms with E-state index >= 15 is 0 Å². The van der Waals surface area contributed by atoms with Crippen LogP contribution in [0.3, 0.4) is 0 Å². The van der Waals surface area contributed by atoms with Crippen molar-refractivity contribution in [1.82, 2.24) is 24.9 Å². The number of rotatable bonds is 3. The minimum Gasteiger partial charge on any atom is -0.367 e. The van der Waals surface area contributed by atoms with Crippen molar-refractivity contribution in [3.05, 3.63) is 28.3 Å². The Hall–Kier alpha value is -2.00. The number of carbonyl (C=O) groups is 1. The molecule has 1 aromatic carbocycles. The molecule has 0 N–H and O–H groups in total. The van der Waals surface area contributed by atoms with Gasteiger partial charge in [-0.05, 0) is 12.1 Å². The summed E-state index contributed by atoms with van der Waals surface area (Å²) in [5.41, 5.74) is 3.73. The molecule has 1 fully saturated rings. The van der Waals surface area contributed by atoms with Crippen molar-refractivity contribution in [2.75, 3.05) is 31.1 Å². The maximum Gasteiger partial charge on any atom is 0.232 e. The van der Waals surface area contributed by atoms with Gasteiger partial charge < -0.3 is 9.80 Å². The van der Waals surface area contributed by atoms with Crippen molar-refractivity contribution in [2.45, 2.75) is 13.8 Å². The normalized spacial score (nSPS) is 15.2. The monoisotopic (exact) mass is 434 g/mol. The molecule has 0 radical (unpaired) electrons. The minimum absolute atomic E-state index is 0.0456. The predicted octanol–water partition coefficient (Wildman–Crippen LogP) is 2.94. The summed E-state index contributed by atoms with van der Waals surface area (Å²) in [5, 5.41) is 14.4. The summed E-state index contributed by atoms with van der Waals surface area (Å²) in [7, 11) is 0. The van der Waals surface area contributed by atoms with Gasteiger partial charge in [0.25, 0.3) is 0 Å². The number of hydrogen-bond donors (Lipinski definition) is 0. The van der Waals surface area contributed by atoms with Crippen molar-refractivity contribution >= 4 is 49.8 Å². The van der Waals surface area contributed by atoms with Gasteiger partial charge in [-0.3, -0.25) is 4.79 Å². The van der Waals surface area contributed by atoms with Gasteiger partial charge in [0.1, 0.15) is 5.51 Å². The highest BCUT2D eigenvalue weighted by Gasteiger charge is 2.24. The van der Waals surface area contributed by atoms with Gasteiger partial charge in [0.05, 0.1) is 5.52 Å². The van der Waals surface area contributed by atoms with Crippen LogP contribution in [-0.4, -0.2) is 57.0 Å². The van der Waals surface area contributed by atoms with Crippen LogP contribution in [0, 0.1) is 5.92 Å². The number of benzene rings is 1. The molecular formula is C17H19BrN6OS. The smallest absolute Gasteiger partial charge is 0.232 e. The van der Waals surface area contributed by atoms with Gasteiger partial charge in [-0.25, -0.2) is 4.68 Å². The molecule has 7 nitrogen and oxygen atoms in total. The van der Waals surface area contributed by atoms with Gasteiger partial charge in [-0.1, -0.05) is 41.1 Å². The first-order valence-electron chi connectivity index (χ1n) is 8.52. The standard InChI is InChI=1S/C17H19BrN6OS/c1-11(2)16(25)23-5-3-22(4-6-23)15-8-12(18)7-14-13(15)9-24(21-14)17-20-19-10-26-17/h7-11H,3-6H2,1-2H3. The highest BCUT2D eigenvalue weighted by atomic mass is 79.9. The third-order valence-corrected chi connectivity index (χ3v) is 5.68. The number of anilines is 1. The van der Waals surface area contributed by atoms with E-state index in [1.807, 2.05) is 31.0 Å². The van der Waals surface area contributed by atoms with Crippen LogP contribution >= 0.6 is 27.3 Å². The Bertz CT molecular complexity index is 930. The van der Waals surface area contributed by atoms with Crippen molar-refractivity contribution in [2.24, 2.45) is 5.92 Å². The summed E-state index contributed by atoms with van der Waals surface area (Å²) in [4.78, 5) is 16.5. The van der Waals surface area contributed by atoms with Gasteiger partial charge in [-0.15, -0.1) is 10.2 Å². The molecule has 0 saturated carbocycles. The number of halogens is 1. The molecule has 136 valence electrons. The summed E-state index contributed by atoms with van der Waals surface area (Å²) in [6.45, 7) is 7.02. The molecule has 1 saturated heterocycles. The number of aromatic nitrogens is 4. The number of hydrogen-bond acceptors (Lipinski definition) is 6. The minimum atomic E-state index is 0.0456. The van der Waals surface area contributed by atoms with Gasteiger partial charge in [0.2, 0.25) is 11.0 Å². The molecule has 0 bridgehead atoms. The molecule has 0 aliphatic carbocycles. The Morgan fingerprint density at radius 2 is 2.00 bits per heavy atom. The summed E-state index contributed by atoms with van der Waals surface area (Å²) in [6.07, 6.45) is 2.00. The zero-order valence-corrected chi connectivity index (χ0v) is 17.0. The van der Waals surface area contributed by atoms with Crippen molar-refractivity contribution in [3.63, 3.8) is 0 Å². The number of fused-ring (bicyclic) bond motifs is 1. The lowest BCUT2D eigenvalue weighted by Gasteiger charge is -2.37. The zero-order valence-electron chi connectivity index (χ0n) is 14.6. The molecule has 3 heterocycles. The van der Waals surface area contributed by atoms with Gasteiger partial charge in [0.15, 0.2) is 0 Å². The molecule has 2 aromatic heterocycles. The van der Waals surface area contributed by atoms with Crippen LogP contribution in [0.25, 0.3) is 16.0 Å². The maximum absolute atomic E-state index is 12.2. The average Bonchev–Trinajstić information content (AvgIpc) is 3.29. The first-order valence-corrected chi connectivity index (χ1v) is 10.2. The lowest BCUT2D eigenvalue weighted by Crippen LogP contribution is -2.50. The van der Waals surface area contributed by atoms with E-state index in [1.54, 1.807) is 10.2 Å². The molecule has 3 aromatic rings. The Balaban J connectivity index is 1.63. The quantitative estimate of drug-likeness (QED) is 0.633. The van der Waals surface area contributed by atoms with E-state index in [1.165, 1.54) is 11.3 Å². The van der Waals surface area contributed by atoms with Gasteiger partial charge in [0, 0.05) is 53.8 Å². The Labute approximate surface area is 163 Å². The Morgan fingerprint density at radius 3 is 2.65 bits per heavy atom. The van der Waals surface area contributed by atoms with E-state index in [9.17, 15) is 4.79 Å². The number of carbonyl (C=O) groups excluding carboxylic acids is 1. The molecular weight excluding hydrogens is 416 g/mol. The molecule has 1 amide bonds. The van der Waals surface area contributed by atoms with E-state index in [2.05, 4.69) is 42.2 Å². The largest absolute Gasteiger partial charge is 0.367 e. The number of amides is 1. The van der Waals surface area contributed by atoms with E-state index in [0.29, 0.717) is 0 Å². The van der Waals surface area contributed by atoms with E-state index in [0.717, 1.165) is 52.4 Å². The van der Waals surface area contributed by atoms with Crippen LogP contribution in [0.2, 0.25) is 0 Å². The summed E-state index contributed by atoms with van der Waals surface area (Å²) in [6, 6.07) is 4.13. The predicted molar refractivity (Wildman–Crippen MR) is 106 cm³/mol. The van der Waals surface area contributed by atoms with E-state index < -0.39 is 0 Å². The van der Waals surface area contributed by atoms with Crippen LogP contribution < -0.4 is 4.90 Å². The van der Waals surface area contributed by atoms with E-state index in [-0.39, 0.29) is 11.8 Å². The SMILES string of the molecule is CC(C)C(=O)N1CCN(c2cc(Br)cc3nn(-c4nncs4)cc23)CC1. The zero-order chi connectivity index (χ0) is 18.3. The number of piperazine rings is 1. The number of nitrogens with zero attached hydrogens (tertiary/aromatic N) is 6. The maximum atomic E-state index is 12.2. The van der Waals surface area contributed by atoms with Crippen LogP contribution in [-0.2, 0) is 4.79 Å². The highest BCUT2D eigenvalue weighted by molar-refractivity contribution is 9.10. The summed E-state index contributed by atoms with van der Waals surface area (Å²) < 4.78 is 2.76. The van der Waals surface area contributed by atoms with E-state index in [4.69, 9.17) is 0 Å². The molecule has 9 heteroatoms. The second-order valence-corrected chi connectivity index (χ2v) is 8.35. The fourth-order valence-corrected chi connectivity index (χ4v) is 4.15. The molecule has 1 aliphatic rings. The highest BCUT2D eigenvalue weighted by Crippen LogP contribution is 2.32. The van der Waals surface area contributed by atoms with Crippen molar-refractivity contribution in [3.8, 4) is 5.13 Å². The molecule has 26 heavy (non-hydrogen) atoms. The second-order valence-electron chi connectivity index (χ2n) is 6.62. The Kier molecular flexibility index (Phi) is 4.66. The fraction of sp³-hybridized carbons (Fsp3) is 0.412. The second kappa shape index (κ2) is 6.96. The van der Waals surface area contributed by atoms with Gasteiger partial charge in [-0.2, -0.15) is 5.10 Å². The lowest BCUT2D eigenvalue weighted by atomic mass is 10.1. The lowest BCUT2D eigenvalue weighted by molar-refractivity contribution is -0.134. The average molecular weight is 435 g/mol. The van der Waals surface area contributed by atoms with Crippen molar-refractivity contribution < 1.29 is 4.79 Å². The molecule has 0 atom stereocenters. The molecule has 1 aliphatic heterocycles. The van der Waals surface area contributed by atoms with Crippen LogP contribution in [0.4, 0.5) is 5.69 Å². The Morgan fingerprint density at radius 1 is 1.23 bits per heavy atom. The molecule has 0 spiro atoms. The molecule has 4 rings (SSSR count). The van der Waals surface area contributed by atoms with Crippen LogP contribution in [0.15, 0.2) is 28.3 Å². The first-order chi connectivity index (χ1) is 12.5. The third kappa shape index (κ3) is 3.21. The first kappa shape index (κ1) is 17.4. The van der Waals surface area contributed by atoms with Crippen LogP contribution in [0.5, 0.6) is 0 Å². The summed E-state index contributed by atoms with van der Waals surface area (Å²) >= 11 is 5.05. The topological polar surface area (TPSA) is 67.2 Å². The fourth-order valence-electron chi connectivity index (χ4n) is 3.23. The van der Waals surface area contributed by atoms with Crippen LogP contribution in [0.1, 0.15) is 13.8 Å². The summed E-state index contributed by atoms with van der Waals surface area (Å²) in [5.74, 6) is 0.275.